The van der Waals surface area contributed by atoms with Crippen molar-refractivity contribution in [3.8, 4) is 0 Å². The zero-order chi connectivity index (χ0) is 69.0. The molecule has 0 heterocycles. The second-order valence-electron chi connectivity index (χ2n) is 27.0. The van der Waals surface area contributed by atoms with E-state index in [2.05, 4.69) is 27.7 Å². The number of aliphatic hydroxyl groups is 1. The molecule has 17 nitrogen and oxygen atoms in total. The lowest BCUT2D eigenvalue weighted by Gasteiger charge is -2.21. The van der Waals surface area contributed by atoms with Crippen LogP contribution in [0.3, 0.4) is 0 Å². The van der Waals surface area contributed by atoms with Gasteiger partial charge in [-0.05, 0) is 25.7 Å². The molecule has 0 spiro atoms. The van der Waals surface area contributed by atoms with E-state index in [1.165, 1.54) is 231 Å². The van der Waals surface area contributed by atoms with Crippen molar-refractivity contribution >= 4 is 39.5 Å². The number of carbonyl (C=O) groups excluding carboxylic acids is 4. The highest BCUT2D eigenvalue weighted by molar-refractivity contribution is 7.47. The first kappa shape index (κ1) is 92.1. The quantitative estimate of drug-likeness (QED) is 0.0222. The first-order valence-corrected chi connectivity index (χ1v) is 42.3. The van der Waals surface area contributed by atoms with Gasteiger partial charge >= 0.3 is 39.5 Å². The second-order valence-corrected chi connectivity index (χ2v) is 29.9. The molecule has 0 radical (unpaired) electrons. The maximum Gasteiger partial charge on any atom is 0.472 e. The van der Waals surface area contributed by atoms with E-state index in [4.69, 9.17) is 37.0 Å². The van der Waals surface area contributed by atoms with Crippen molar-refractivity contribution in [3.05, 3.63) is 0 Å². The molecule has 0 aromatic rings. The molecule has 0 aromatic carbocycles. The number of rotatable bonds is 76. The van der Waals surface area contributed by atoms with Crippen LogP contribution in [0.1, 0.15) is 400 Å². The summed E-state index contributed by atoms with van der Waals surface area (Å²) in [6.07, 6.45) is 59.8. The normalized spacial score (nSPS) is 13.9. The van der Waals surface area contributed by atoms with Gasteiger partial charge in [-0.1, -0.05) is 349 Å². The topological polar surface area (TPSA) is 237 Å². The van der Waals surface area contributed by atoms with Gasteiger partial charge in [-0.25, -0.2) is 9.13 Å². The summed E-state index contributed by atoms with van der Waals surface area (Å²) in [5.41, 5.74) is 0. The fourth-order valence-corrected chi connectivity index (χ4v) is 13.2. The number of ether oxygens (including phenoxy) is 4. The van der Waals surface area contributed by atoms with Crippen molar-refractivity contribution in [2.24, 2.45) is 0 Å². The van der Waals surface area contributed by atoms with E-state index in [9.17, 15) is 43.2 Å². The molecule has 0 aliphatic rings. The minimum Gasteiger partial charge on any atom is -0.462 e. The standard InChI is InChI=1S/C75H146O17P2/c1-5-9-13-17-21-25-27-29-31-32-33-34-35-36-37-38-40-42-46-50-54-58-62-75(80)92-71(66-86-73(78)60-56-52-48-45-41-39-30-28-26-22-18-14-10-6-2)68-90-94(83,84)88-64-69(76)63-87-93(81,82)89-67-70(91-74(79)61-57-53-49-44-24-20-16-12-8-4)65-85-72(77)59-55-51-47-43-23-19-15-11-7-3/h69-71,76H,5-68H2,1-4H3,(H,81,82)(H,83,84)/t69-,70+,71+/m0/s1. The summed E-state index contributed by atoms with van der Waals surface area (Å²) in [6, 6.07) is 0. The minimum absolute atomic E-state index is 0.106. The van der Waals surface area contributed by atoms with Crippen LogP contribution in [-0.4, -0.2) is 96.7 Å². The van der Waals surface area contributed by atoms with Gasteiger partial charge in [0.05, 0.1) is 26.4 Å². The van der Waals surface area contributed by atoms with Gasteiger partial charge in [-0.2, -0.15) is 0 Å². The van der Waals surface area contributed by atoms with Crippen molar-refractivity contribution in [1.29, 1.82) is 0 Å². The highest BCUT2D eigenvalue weighted by Gasteiger charge is 2.30. The van der Waals surface area contributed by atoms with Crippen molar-refractivity contribution < 1.29 is 80.2 Å². The van der Waals surface area contributed by atoms with Crippen LogP contribution in [0.15, 0.2) is 0 Å². The number of phosphoric acid groups is 2. The fourth-order valence-electron chi connectivity index (χ4n) is 11.6. The fraction of sp³-hybridized carbons (Fsp3) is 0.947. The molecule has 0 saturated heterocycles. The largest absolute Gasteiger partial charge is 0.472 e. The number of unbranched alkanes of at least 4 members (excludes halogenated alkanes) is 50. The Morgan fingerprint density at radius 2 is 0.426 bits per heavy atom. The predicted octanol–water partition coefficient (Wildman–Crippen LogP) is 22.2. The third-order valence-electron chi connectivity index (χ3n) is 17.6. The Kier molecular flexibility index (Phi) is 68.1. The van der Waals surface area contributed by atoms with Gasteiger partial charge in [0.25, 0.3) is 0 Å². The van der Waals surface area contributed by atoms with Crippen LogP contribution in [0.4, 0.5) is 0 Å². The average Bonchev–Trinajstić information content (AvgIpc) is 3.59. The molecule has 0 amide bonds. The Bertz CT molecular complexity index is 1790. The van der Waals surface area contributed by atoms with E-state index < -0.39 is 97.5 Å². The molecular weight excluding hydrogens is 1230 g/mol. The van der Waals surface area contributed by atoms with Crippen LogP contribution in [-0.2, 0) is 65.4 Å². The lowest BCUT2D eigenvalue weighted by atomic mass is 10.0. The molecule has 558 valence electrons. The molecule has 0 fully saturated rings. The van der Waals surface area contributed by atoms with E-state index in [0.717, 1.165) is 89.9 Å². The minimum atomic E-state index is -4.95. The van der Waals surface area contributed by atoms with E-state index in [1.54, 1.807) is 0 Å². The van der Waals surface area contributed by atoms with Gasteiger partial charge in [0.2, 0.25) is 0 Å². The molecule has 0 rings (SSSR count). The Labute approximate surface area is 575 Å². The van der Waals surface area contributed by atoms with Crippen molar-refractivity contribution in [3.63, 3.8) is 0 Å². The summed E-state index contributed by atoms with van der Waals surface area (Å²) in [5, 5.41) is 10.6. The zero-order valence-electron chi connectivity index (χ0n) is 60.9. The van der Waals surface area contributed by atoms with Crippen LogP contribution < -0.4 is 0 Å². The number of esters is 4. The van der Waals surface area contributed by atoms with Crippen LogP contribution in [0.25, 0.3) is 0 Å². The first-order chi connectivity index (χ1) is 45.7. The molecule has 0 aliphatic heterocycles. The molecule has 94 heavy (non-hydrogen) atoms. The molecular formula is C75H146O17P2. The summed E-state index contributed by atoms with van der Waals surface area (Å²) in [7, 11) is -9.90. The Hall–Kier alpha value is -1.94. The molecule has 3 N–H and O–H groups in total. The van der Waals surface area contributed by atoms with Crippen molar-refractivity contribution in [2.45, 2.75) is 418 Å². The molecule has 5 atom stereocenters. The monoisotopic (exact) mass is 1380 g/mol. The SMILES string of the molecule is CCCCCCCCCCCCCCCCCCCCCCCCC(=O)O[C@H](COC(=O)CCCCCCCCCCCCCCCC)COP(=O)(O)OC[C@@H](O)COP(=O)(O)OC[C@@H](COC(=O)CCCCCCCCCCC)OC(=O)CCCCCCCCCCC. The highest BCUT2D eigenvalue weighted by Crippen LogP contribution is 2.45. The third kappa shape index (κ3) is 68.6. The Morgan fingerprint density at radius 1 is 0.255 bits per heavy atom. The average molecular weight is 1380 g/mol. The van der Waals surface area contributed by atoms with Gasteiger partial charge in [0.1, 0.15) is 19.3 Å². The van der Waals surface area contributed by atoms with Crippen molar-refractivity contribution in [1.82, 2.24) is 0 Å². The van der Waals surface area contributed by atoms with Crippen LogP contribution in [0.2, 0.25) is 0 Å². The van der Waals surface area contributed by atoms with Gasteiger partial charge in [0.15, 0.2) is 12.2 Å². The van der Waals surface area contributed by atoms with E-state index in [-0.39, 0.29) is 25.7 Å². The van der Waals surface area contributed by atoms with Gasteiger partial charge in [-0.15, -0.1) is 0 Å². The van der Waals surface area contributed by atoms with Crippen LogP contribution >= 0.6 is 15.6 Å². The van der Waals surface area contributed by atoms with Gasteiger partial charge in [0, 0.05) is 25.7 Å². The smallest absolute Gasteiger partial charge is 0.462 e. The summed E-state index contributed by atoms with van der Waals surface area (Å²) in [4.78, 5) is 72.6. The Balaban J connectivity index is 5.14. The van der Waals surface area contributed by atoms with Crippen LogP contribution in [0, 0.1) is 0 Å². The number of phosphoric ester groups is 2. The molecule has 0 saturated carbocycles. The van der Waals surface area contributed by atoms with Crippen LogP contribution in [0.5, 0.6) is 0 Å². The van der Waals surface area contributed by atoms with E-state index >= 15 is 0 Å². The summed E-state index contributed by atoms with van der Waals surface area (Å²) < 4.78 is 68.3. The molecule has 0 aromatic heterocycles. The maximum absolute atomic E-state index is 13.1. The lowest BCUT2D eigenvalue weighted by Crippen LogP contribution is -2.30. The lowest BCUT2D eigenvalue weighted by molar-refractivity contribution is -0.161. The zero-order valence-corrected chi connectivity index (χ0v) is 62.7. The van der Waals surface area contributed by atoms with E-state index in [0.29, 0.717) is 25.7 Å². The van der Waals surface area contributed by atoms with Crippen molar-refractivity contribution in [2.75, 3.05) is 39.6 Å². The summed E-state index contributed by atoms with van der Waals surface area (Å²) in [5.74, 6) is -2.12. The molecule has 19 heteroatoms. The second kappa shape index (κ2) is 69.5. The number of aliphatic hydroxyl groups excluding tert-OH is 1. The molecule has 0 bridgehead atoms. The first-order valence-electron chi connectivity index (χ1n) is 39.3. The van der Waals surface area contributed by atoms with Gasteiger partial charge < -0.3 is 33.8 Å². The molecule has 0 aliphatic carbocycles. The van der Waals surface area contributed by atoms with E-state index in [1.807, 2.05) is 0 Å². The summed E-state index contributed by atoms with van der Waals surface area (Å²) in [6.45, 7) is 4.94. The number of hydrogen-bond donors (Lipinski definition) is 3. The highest BCUT2D eigenvalue weighted by atomic mass is 31.2. The molecule has 2 unspecified atom stereocenters. The Morgan fingerprint density at radius 3 is 0.628 bits per heavy atom. The summed E-state index contributed by atoms with van der Waals surface area (Å²) >= 11 is 0. The number of hydrogen-bond acceptors (Lipinski definition) is 15. The number of carbonyl (C=O) groups is 4. The predicted molar refractivity (Wildman–Crippen MR) is 382 cm³/mol. The van der Waals surface area contributed by atoms with Gasteiger partial charge in [-0.3, -0.25) is 37.3 Å². The maximum atomic E-state index is 13.1. The third-order valence-corrected chi connectivity index (χ3v) is 19.5.